The summed E-state index contributed by atoms with van der Waals surface area (Å²) in [6.07, 6.45) is 6.65. The molecule has 0 aromatic heterocycles. The molecule has 1 heterocycles. The molecule has 0 aromatic rings. The van der Waals surface area contributed by atoms with Crippen molar-refractivity contribution in [2.45, 2.75) is 99.2 Å². The van der Waals surface area contributed by atoms with Crippen molar-refractivity contribution in [3.63, 3.8) is 0 Å². The third-order valence-electron chi connectivity index (χ3n) is 6.81. The minimum atomic E-state index is -1.17. The number of rotatable bonds is 9. The van der Waals surface area contributed by atoms with Crippen LogP contribution in [0.25, 0.3) is 0 Å². The highest BCUT2D eigenvalue weighted by Crippen LogP contribution is 2.54. The van der Waals surface area contributed by atoms with E-state index in [-0.39, 0.29) is 35.2 Å². The van der Waals surface area contributed by atoms with Gasteiger partial charge >= 0.3 is 0 Å². The SMILES string of the molecule is CC[C@@H](C)C(=O)C1=C(O)C(C)=C2O[C@H](C(C)(C)O)C[C@]2(CC=C(C)CCC=C(C)C)C1=O. The molecule has 0 saturated carbocycles. The molecule has 2 aliphatic rings. The molecule has 5 nitrogen and oxygen atoms in total. The van der Waals surface area contributed by atoms with Gasteiger partial charge in [-0.25, -0.2) is 0 Å². The van der Waals surface area contributed by atoms with Gasteiger partial charge in [0.25, 0.3) is 0 Å². The number of fused-ring (bicyclic) bond motifs is 1. The van der Waals surface area contributed by atoms with E-state index in [1.165, 1.54) is 5.57 Å². The molecule has 3 atom stereocenters. The molecule has 0 radical (unpaired) electrons. The van der Waals surface area contributed by atoms with Gasteiger partial charge in [-0.1, -0.05) is 37.1 Å². The van der Waals surface area contributed by atoms with E-state index in [0.29, 0.717) is 24.2 Å². The normalized spacial score (nSPS) is 25.0. The number of aliphatic hydroxyl groups is 2. The van der Waals surface area contributed by atoms with Crippen LogP contribution in [0.4, 0.5) is 0 Å². The summed E-state index contributed by atoms with van der Waals surface area (Å²) >= 11 is 0. The van der Waals surface area contributed by atoms with Gasteiger partial charge in [0.15, 0.2) is 11.6 Å². The van der Waals surface area contributed by atoms with Gasteiger partial charge < -0.3 is 14.9 Å². The second kappa shape index (κ2) is 9.78. The predicted molar refractivity (Wildman–Crippen MR) is 127 cm³/mol. The molecule has 2 N–H and O–H groups in total. The molecular formula is C27H40O5. The minimum absolute atomic E-state index is 0.115. The molecule has 178 valence electrons. The van der Waals surface area contributed by atoms with Crippen LogP contribution in [-0.2, 0) is 14.3 Å². The first-order chi connectivity index (χ1) is 14.8. The molecule has 0 aromatic carbocycles. The lowest BCUT2D eigenvalue weighted by Gasteiger charge is -2.32. The average Bonchev–Trinajstić information content (AvgIpc) is 3.11. The number of hydrogen-bond donors (Lipinski definition) is 2. The molecule has 2 rings (SSSR count). The lowest BCUT2D eigenvalue weighted by Crippen LogP contribution is -2.41. The molecule has 0 amide bonds. The van der Waals surface area contributed by atoms with Gasteiger partial charge in [-0.2, -0.15) is 0 Å². The smallest absolute Gasteiger partial charge is 0.184 e. The number of carbonyl (C=O) groups excluding carboxylic acids is 2. The maximum absolute atomic E-state index is 13.9. The molecule has 0 unspecified atom stereocenters. The molecule has 0 spiro atoms. The number of allylic oxidation sites excluding steroid dienone is 7. The summed E-state index contributed by atoms with van der Waals surface area (Å²) in [5.74, 6) is -0.978. The maximum Gasteiger partial charge on any atom is 0.184 e. The van der Waals surface area contributed by atoms with Crippen LogP contribution in [0.15, 0.2) is 46.0 Å². The lowest BCUT2D eigenvalue weighted by molar-refractivity contribution is -0.128. The van der Waals surface area contributed by atoms with E-state index in [1.807, 2.05) is 19.9 Å². The Bertz CT molecular complexity index is 889. The van der Waals surface area contributed by atoms with E-state index in [1.54, 1.807) is 27.7 Å². The standard InChI is InChI=1S/C27H40O5/c1-9-18(5)22(28)21-23(29)19(6)25-27(24(21)30,15-20(32-25)26(7,8)31)14-13-17(4)12-10-11-16(2)3/h11,13,18,20,29,31H,9-10,12,14-15H2,1-8H3/t18-,20+,27-/m1/s1. The van der Waals surface area contributed by atoms with E-state index in [4.69, 9.17) is 4.74 Å². The highest BCUT2D eigenvalue weighted by atomic mass is 16.5. The van der Waals surface area contributed by atoms with Crippen molar-refractivity contribution in [1.29, 1.82) is 0 Å². The monoisotopic (exact) mass is 444 g/mol. The Morgan fingerprint density at radius 1 is 1.28 bits per heavy atom. The molecule has 0 bridgehead atoms. The molecule has 5 heteroatoms. The molecule has 1 aliphatic carbocycles. The van der Waals surface area contributed by atoms with Crippen LogP contribution >= 0.6 is 0 Å². The number of Topliss-reactive ketones (excluding diaryl/α,β-unsaturated/α-hetero) is 2. The van der Waals surface area contributed by atoms with E-state index >= 15 is 0 Å². The summed E-state index contributed by atoms with van der Waals surface area (Å²) in [7, 11) is 0. The van der Waals surface area contributed by atoms with Crippen molar-refractivity contribution in [1.82, 2.24) is 0 Å². The molecule has 1 fully saturated rings. The number of aliphatic hydroxyl groups excluding tert-OH is 1. The highest BCUT2D eigenvalue weighted by Gasteiger charge is 2.58. The van der Waals surface area contributed by atoms with Crippen molar-refractivity contribution >= 4 is 11.6 Å². The minimum Gasteiger partial charge on any atom is -0.507 e. The zero-order valence-corrected chi connectivity index (χ0v) is 21.0. The number of ether oxygens (including phenoxy) is 1. The summed E-state index contributed by atoms with van der Waals surface area (Å²) < 4.78 is 6.11. The van der Waals surface area contributed by atoms with Gasteiger partial charge in [0.2, 0.25) is 0 Å². The third-order valence-corrected chi connectivity index (χ3v) is 6.81. The lowest BCUT2D eigenvalue weighted by atomic mass is 9.66. The molecule has 1 saturated heterocycles. The van der Waals surface area contributed by atoms with Crippen LogP contribution in [0.1, 0.15) is 87.5 Å². The highest BCUT2D eigenvalue weighted by molar-refractivity contribution is 6.25. The zero-order valence-electron chi connectivity index (χ0n) is 21.0. The Balaban J connectivity index is 2.52. The van der Waals surface area contributed by atoms with Crippen LogP contribution < -0.4 is 0 Å². The Kier molecular flexibility index (Phi) is 7.98. The maximum atomic E-state index is 13.9. The Morgan fingerprint density at radius 3 is 2.44 bits per heavy atom. The first kappa shape index (κ1) is 26.1. The first-order valence-electron chi connectivity index (χ1n) is 11.7. The molecule has 1 aliphatic heterocycles. The second-order valence-electron chi connectivity index (χ2n) is 10.3. The van der Waals surface area contributed by atoms with Crippen molar-refractivity contribution in [3.05, 3.63) is 46.0 Å². The summed E-state index contributed by atoms with van der Waals surface area (Å²) in [4.78, 5) is 26.9. The fraction of sp³-hybridized carbons (Fsp3) is 0.630. The van der Waals surface area contributed by atoms with E-state index in [9.17, 15) is 19.8 Å². The van der Waals surface area contributed by atoms with Crippen LogP contribution in [0.5, 0.6) is 0 Å². The van der Waals surface area contributed by atoms with Crippen LogP contribution in [0.2, 0.25) is 0 Å². The van der Waals surface area contributed by atoms with Crippen molar-refractivity contribution < 1.29 is 24.5 Å². The Hall–Kier alpha value is -2.14. The van der Waals surface area contributed by atoms with Crippen molar-refractivity contribution in [3.8, 4) is 0 Å². The summed E-state index contributed by atoms with van der Waals surface area (Å²) in [6, 6.07) is 0. The van der Waals surface area contributed by atoms with Gasteiger partial charge in [0, 0.05) is 17.9 Å². The first-order valence-corrected chi connectivity index (χ1v) is 11.7. The number of carbonyl (C=O) groups is 2. The second-order valence-corrected chi connectivity index (χ2v) is 10.3. The van der Waals surface area contributed by atoms with Gasteiger partial charge in [-0.05, 0) is 67.2 Å². The molecular weight excluding hydrogens is 404 g/mol. The summed E-state index contributed by atoms with van der Waals surface area (Å²) in [5.41, 5.74) is 0.468. The largest absolute Gasteiger partial charge is 0.507 e. The Labute approximate surface area is 192 Å². The molecule has 32 heavy (non-hydrogen) atoms. The van der Waals surface area contributed by atoms with E-state index < -0.39 is 17.1 Å². The van der Waals surface area contributed by atoms with Crippen LogP contribution in [0.3, 0.4) is 0 Å². The zero-order chi connectivity index (χ0) is 24.4. The van der Waals surface area contributed by atoms with Crippen LogP contribution in [0, 0.1) is 11.3 Å². The van der Waals surface area contributed by atoms with Gasteiger partial charge in [0.05, 0.1) is 11.0 Å². The van der Waals surface area contributed by atoms with Crippen molar-refractivity contribution in [2.24, 2.45) is 11.3 Å². The summed E-state index contributed by atoms with van der Waals surface area (Å²) in [5, 5.41) is 21.5. The summed E-state index contributed by atoms with van der Waals surface area (Å²) in [6.45, 7) is 14.8. The Morgan fingerprint density at radius 2 is 1.91 bits per heavy atom. The third kappa shape index (κ3) is 5.09. The quantitative estimate of drug-likeness (QED) is 0.342. The fourth-order valence-electron chi connectivity index (χ4n) is 4.35. The van der Waals surface area contributed by atoms with Gasteiger partial charge in [-0.3, -0.25) is 9.59 Å². The number of hydrogen-bond acceptors (Lipinski definition) is 5. The number of ketones is 2. The van der Waals surface area contributed by atoms with Crippen LogP contribution in [-0.4, -0.2) is 33.5 Å². The van der Waals surface area contributed by atoms with E-state index in [0.717, 1.165) is 18.4 Å². The fourth-order valence-corrected chi connectivity index (χ4v) is 4.35. The van der Waals surface area contributed by atoms with E-state index in [2.05, 4.69) is 19.9 Å². The van der Waals surface area contributed by atoms with Gasteiger partial charge in [-0.15, -0.1) is 0 Å². The van der Waals surface area contributed by atoms with Crippen molar-refractivity contribution in [2.75, 3.05) is 0 Å². The topological polar surface area (TPSA) is 83.8 Å². The predicted octanol–water partition coefficient (Wildman–Crippen LogP) is 5.90. The van der Waals surface area contributed by atoms with Gasteiger partial charge in [0.1, 0.15) is 23.2 Å². The average molecular weight is 445 g/mol.